The van der Waals surface area contributed by atoms with Crippen LogP contribution in [0.3, 0.4) is 0 Å². The van der Waals surface area contributed by atoms with Crippen molar-refractivity contribution in [3.05, 3.63) is 70.9 Å². The van der Waals surface area contributed by atoms with E-state index in [9.17, 15) is 4.79 Å². The highest BCUT2D eigenvalue weighted by Crippen LogP contribution is 2.46. The predicted molar refractivity (Wildman–Crippen MR) is 124 cm³/mol. The van der Waals surface area contributed by atoms with Crippen LogP contribution in [-0.2, 0) is 17.6 Å². The molecule has 1 fully saturated rings. The third-order valence-corrected chi connectivity index (χ3v) is 6.58. The molecule has 2 aromatic rings. The van der Waals surface area contributed by atoms with Crippen LogP contribution in [0, 0.1) is 24.2 Å². The van der Waals surface area contributed by atoms with E-state index in [1.807, 2.05) is 19.3 Å². The summed E-state index contributed by atoms with van der Waals surface area (Å²) in [5.74, 6) is 1.15. The Morgan fingerprint density at radius 1 is 1.23 bits per heavy atom. The summed E-state index contributed by atoms with van der Waals surface area (Å²) in [6.07, 6.45) is 7.61. The molecule has 1 amide bonds. The first-order valence-electron chi connectivity index (χ1n) is 10.9. The highest BCUT2D eigenvalue weighted by molar-refractivity contribution is 6.08. The van der Waals surface area contributed by atoms with Crippen LogP contribution in [-0.4, -0.2) is 25.2 Å². The van der Waals surface area contributed by atoms with Gasteiger partial charge in [0.05, 0.1) is 0 Å². The smallest absolute Gasteiger partial charge is 0.224 e. The minimum absolute atomic E-state index is 0.133. The molecule has 30 heavy (non-hydrogen) atoms. The summed E-state index contributed by atoms with van der Waals surface area (Å²) in [5.41, 5.74) is 6.83. The summed E-state index contributed by atoms with van der Waals surface area (Å²) in [6.45, 7) is 3.88. The number of aryl methyl sites for hydroxylation is 1. The number of amides is 1. The first-order chi connectivity index (χ1) is 14.5. The maximum Gasteiger partial charge on any atom is 0.224 e. The molecule has 0 spiro atoms. The van der Waals surface area contributed by atoms with Gasteiger partial charge < -0.3 is 15.6 Å². The van der Waals surface area contributed by atoms with Crippen molar-refractivity contribution in [2.75, 3.05) is 11.9 Å². The minimum Gasteiger partial charge on any atom is -0.393 e. The second-order valence-electron chi connectivity index (χ2n) is 8.69. The average Bonchev–Trinajstić information content (AvgIpc) is 3.57. The number of carbonyl (C=O) groups is 1. The summed E-state index contributed by atoms with van der Waals surface area (Å²) >= 11 is 0. The lowest BCUT2D eigenvalue weighted by atomic mass is 9.78. The first-order valence-corrected chi connectivity index (χ1v) is 10.9. The Morgan fingerprint density at radius 3 is 2.63 bits per heavy atom. The van der Waals surface area contributed by atoms with Crippen molar-refractivity contribution in [2.45, 2.75) is 45.6 Å². The van der Waals surface area contributed by atoms with Crippen molar-refractivity contribution in [3.8, 4) is 0 Å². The summed E-state index contributed by atoms with van der Waals surface area (Å²) < 4.78 is 0. The molecule has 2 aromatic carbocycles. The number of fused-ring (bicyclic) bond motifs is 1. The third kappa shape index (κ3) is 3.91. The number of anilines is 1. The van der Waals surface area contributed by atoms with E-state index in [2.05, 4.69) is 53.5 Å². The number of allylic oxidation sites excluding steroid dienone is 1. The maximum absolute atomic E-state index is 12.8. The van der Waals surface area contributed by atoms with Gasteiger partial charge in [-0.25, -0.2) is 0 Å². The van der Waals surface area contributed by atoms with E-state index in [0.717, 1.165) is 29.7 Å². The molecule has 1 aliphatic carbocycles. The third-order valence-electron chi connectivity index (χ3n) is 6.58. The van der Waals surface area contributed by atoms with Gasteiger partial charge in [-0.05, 0) is 78.8 Å². The van der Waals surface area contributed by atoms with E-state index in [1.54, 1.807) is 6.92 Å². The van der Waals surface area contributed by atoms with Crippen molar-refractivity contribution >= 4 is 23.4 Å². The Kier molecular flexibility index (Phi) is 5.76. The summed E-state index contributed by atoms with van der Waals surface area (Å²) in [5, 5.41) is 10.8. The van der Waals surface area contributed by atoms with Crippen LogP contribution in [0.5, 0.6) is 0 Å². The van der Waals surface area contributed by atoms with E-state index in [-0.39, 0.29) is 11.9 Å². The molecule has 156 valence electrons. The molecule has 1 aliphatic heterocycles. The van der Waals surface area contributed by atoms with Crippen LogP contribution in [0.2, 0.25) is 0 Å². The molecule has 2 atom stereocenters. The fourth-order valence-electron chi connectivity index (χ4n) is 5.03. The van der Waals surface area contributed by atoms with Crippen LogP contribution >= 0.6 is 0 Å². The second-order valence-corrected chi connectivity index (χ2v) is 8.69. The minimum atomic E-state index is 0.133. The number of benzene rings is 2. The van der Waals surface area contributed by atoms with Crippen LogP contribution < -0.4 is 10.2 Å². The van der Waals surface area contributed by atoms with Crippen LogP contribution in [0.4, 0.5) is 5.69 Å². The van der Waals surface area contributed by atoms with E-state index >= 15 is 0 Å². The monoisotopic (exact) mass is 401 g/mol. The van der Waals surface area contributed by atoms with Crippen molar-refractivity contribution in [3.63, 3.8) is 0 Å². The lowest BCUT2D eigenvalue weighted by molar-refractivity contribution is -0.117. The van der Waals surface area contributed by atoms with Crippen molar-refractivity contribution in [1.82, 2.24) is 5.32 Å². The number of carbonyl (C=O) groups excluding carboxylic acids is 1. The van der Waals surface area contributed by atoms with Gasteiger partial charge in [0.25, 0.3) is 0 Å². The summed E-state index contributed by atoms with van der Waals surface area (Å²) in [6, 6.07) is 15.2. The van der Waals surface area contributed by atoms with Crippen LogP contribution in [0.1, 0.15) is 42.0 Å². The Bertz CT molecular complexity index is 990. The SMILES string of the molecule is CN/C=C(\C=N)c1ccc2c(c1)CC(Cc1ccccc1C)C(C1CC1)N2C(C)=O. The average molecular weight is 402 g/mol. The van der Waals surface area contributed by atoms with E-state index in [1.165, 1.54) is 35.7 Å². The molecule has 2 aliphatic rings. The number of nitrogens with one attached hydrogen (secondary N) is 2. The normalized spacial score (nSPS) is 21.2. The van der Waals surface area contributed by atoms with Gasteiger partial charge in [-0.15, -0.1) is 0 Å². The van der Waals surface area contributed by atoms with E-state index in [4.69, 9.17) is 5.41 Å². The van der Waals surface area contributed by atoms with E-state index in [0.29, 0.717) is 11.8 Å². The standard InChI is InChI=1S/C26H31N3O/c1-17-6-4-5-7-20(17)12-23-14-22-13-21(24(15-27)16-28-3)10-11-25(22)29(18(2)30)26(23)19-8-9-19/h4-7,10-11,13,15-16,19,23,26-28H,8-9,12,14H2,1-3H3/b24-16+,27-15?. The molecule has 1 heterocycles. The molecule has 2 N–H and O–H groups in total. The van der Waals surface area contributed by atoms with Crippen molar-refractivity contribution in [2.24, 2.45) is 11.8 Å². The Hall–Kier alpha value is -2.88. The Labute approximate surface area is 179 Å². The molecule has 0 bridgehead atoms. The van der Waals surface area contributed by atoms with Crippen LogP contribution in [0.15, 0.2) is 48.7 Å². The zero-order valence-electron chi connectivity index (χ0n) is 18.1. The van der Waals surface area contributed by atoms with Gasteiger partial charge in [0, 0.05) is 43.7 Å². The molecule has 0 radical (unpaired) electrons. The highest BCUT2D eigenvalue weighted by Gasteiger charge is 2.45. The topological polar surface area (TPSA) is 56.2 Å². The van der Waals surface area contributed by atoms with Crippen molar-refractivity contribution in [1.29, 1.82) is 5.41 Å². The van der Waals surface area contributed by atoms with Crippen molar-refractivity contribution < 1.29 is 4.79 Å². The molecular weight excluding hydrogens is 370 g/mol. The zero-order valence-corrected chi connectivity index (χ0v) is 18.1. The van der Waals surface area contributed by atoms with Gasteiger partial charge >= 0.3 is 0 Å². The lowest BCUT2D eigenvalue weighted by Gasteiger charge is -2.43. The largest absolute Gasteiger partial charge is 0.393 e. The predicted octanol–water partition coefficient (Wildman–Crippen LogP) is 4.75. The number of hydrogen-bond donors (Lipinski definition) is 2. The van der Waals surface area contributed by atoms with Gasteiger partial charge in [0.1, 0.15) is 0 Å². The quantitative estimate of drug-likeness (QED) is 0.686. The van der Waals surface area contributed by atoms with Gasteiger partial charge in [-0.2, -0.15) is 0 Å². The van der Waals surface area contributed by atoms with Gasteiger partial charge in [0.2, 0.25) is 5.91 Å². The molecule has 4 rings (SSSR count). The molecule has 4 nitrogen and oxygen atoms in total. The molecule has 0 aromatic heterocycles. The zero-order chi connectivity index (χ0) is 21.3. The number of hydrogen-bond acceptors (Lipinski definition) is 3. The second kappa shape index (κ2) is 8.47. The Morgan fingerprint density at radius 2 is 2.00 bits per heavy atom. The summed E-state index contributed by atoms with van der Waals surface area (Å²) in [7, 11) is 1.85. The van der Waals surface area contributed by atoms with Gasteiger partial charge in [-0.3, -0.25) is 4.79 Å². The molecular formula is C26H31N3O. The maximum atomic E-state index is 12.8. The molecule has 1 saturated carbocycles. The molecule has 0 saturated heterocycles. The highest BCUT2D eigenvalue weighted by atomic mass is 16.2. The molecule has 4 heteroatoms. The lowest BCUT2D eigenvalue weighted by Crippen LogP contribution is -2.50. The van der Waals surface area contributed by atoms with Crippen LogP contribution in [0.25, 0.3) is 5.57 Å². The van der Waals surface area contributed by atoms with Gasteiger partial charge in [0.15, 0.2) is 0 Å². The molecule has 2 unspecified atom stereocenters. The fourth-order valence-corrected chi connectivity index (χ4v) is 5.03. The summed E-state index contributed by atoms with van der Waals surface area (Å²) in [4.78, 5) is 14.9. The first kappa shape index (κ1) is 20.4. The van der Waals surface area contributed by atoms with E-state index < -0.39 is 0 Å². The van der Waals surface area contributed by atoms with Gasteiger partial charge in [-0.1, -0.05) is 30.3 Å². The number of rotatable bonds is 6. The Balaban J connectivity index is 1.76. The fraction of sp³-hybridized carbons (Fsp3) is 0.385. The number of nitrogens with zero attached hydrogens (tertiary/aromatic N) is 1.